The van der Waals surface area contributed by atoms with Gasteiger partial charge < -0.3 is 4.90 Å². The standard InChI is InChI=1S/C24H39N/c1-3-20(2)19-25-23-16-12-8-4-6-10-14-21(23)18-22-15-11-7-5-9-13-17-24(22)25/h2-19H2,1H3. The highest BCUT2D eigenvalue weighted by molar-refractivity contribution is 5.34. The Balaban J connectivity index is 1.91. The molecule has 3 rings (SSSR count). The Hall–Kier alpha value is -0.980. The maximum absolute atomic E-state index is 4.38. The van der Waals surface area contributed by atoms with Crippen LogP contribution in [0.4, 0.5) is 0 Å². The Morgan fingerprint density at radius 1 is 0.720 bits per heavy atom. The van der Waals surface area contributed by atoms with Crippen molar-refractivity contribution in [3.8, 4) is 0 Å². The quantitative estimate of drug-likeness (QED) is 0.476. The zero-order chi connectivity index (χ0) is 17.5. The van der Waals surface area contributed by atoms with Gasteiger partial charge >= 0.3 is 0 Å². The van der Waals surface area contributed by atoms with Crippen LogP contribution in [-0.2, 0) is 0 Å². The molecule has 140 valence electrons. The molecule has 0 bridgehead atoms. The van der Waals surface area contributed by atoms with E-state index in [-0.39, 0.29) is 0 Å². The average Bonchev–Trinajstić information content (AvgIpc) is 2.81. The topological polar surface area (TPSA) is 3.24 Å². The first-order valence-corrected chi connectivity index (χ1v) is 11.2. The van der Waals surface area contributed by atoms with Crippen molar-refractivity contribution in [2.75, 3.05) is 6.54 Å². The van der Waals surface area contributed by atoms with Crippen LogP contribution in [0, 0.1) is 0 Å². The highest BCUT2D eigenvalue weighted by Crippen LogP contribution is 2.41. The lowest BCUT2D eigenvalue weighted by Gasteiger charge is -2.39. The Kier molecular flexibility index (Phi) is 7.25. The third-order valence-corrected chi connectivity index (χ3v) is 6.56. The molecule has 1 aliphatic heterocycles. The third kappa shape index (κ3) is 5.02. The van der Waals surface area contributed by atoms with E-state index in [2.05, 4.69) is 18.4 Å². The van der Waals surface area contributed by atoms with Gasteiger partial charge in [0.15, 0.2) is 0 Å². The first-order valence-electron chi connectivity index (χ1n) is 11.2. The second kappa shape index (κ2) is 9.64. The molecule has 0 unspecified atom stereocenters. The third-order valence-electron chi connectivity index (χ3n) is 6.56. The number of hydrogen-bond donors (Lipinski definition) is 0. The van der Waals surface area contributed by atoms with Gasteiger partial charge in [0.05, 0.1) is 0 Å². The van der Waals surface area contributed by atoms with Crippen molar-refractivity contribution in [3.63, 3.8) is 0 Å². The van der Waals surface area contributed by atoms with Crippen molar-refractivity contribution in [2.45, 2.75) is 110 Å². The van der Waals surface area contributed by atoms with Crippen LogP contribution in [0.3, 0.4) is 0 Å². The molecule has 25 heavy (non-hydrogen) atoms. The molecule has 0 aromatic carbocycles. The Labute approximate surface area is 156 Å². The van der Waals surface area contributed by atoms with E-state index in [9.17, 15) is 0 Å². The van der Waals surface area contributed by atoms with Crippen molar-refractivity contribution >= 4 is 0 Å². The van der Waals surface area contributed by atoms with Gasteiger partial charge in [0.25, 0.3) is 0 Å². The Morgan fingerprint density at radius 2 is 1.16 bits per heavy atom. The molecule has 0 aromatic rings. The molecule has 0 amide bonds. The number of allylic oxidation sites excluding steroid dienone is 4. The average molecular weight is 342 g/mol. The monoisotopic (exact) mass is 341 g/mol. The molecule has 0 N–H and O–H groups in total. The van der Waals surface area contributed by atoms with Gasteiger partial charge in [-0.15, -0.1) is 0 Å². The lowest BCUT2D eigenvalue weighted by molar-refractivity contribution is 0.385. The van der Waals surface area contributed by atoms with Crippen LogP contribution >= 0.6 is 0 Å². The minimum Gasteiger partial charge on any atom is -0.345 e. The summed E-state index contributed by atoms with van der Waals surface area (Å²) in [6, 6.07) is 0. The fraction of sp³-hybridized carbons (Fsp3) is 0.750. The summed E-state index contributed by atoms with van der Waals surface area (Å²) < 4.78 is 0. The zero-order valence-corrected chi connectivity index (χ0v) is 16.7. The lowest BCUT2D eigenvalue weighted by atomic mass is 9.87. The van der Waals surface area contributed by atoms with E-state index in [0.717, 1.165) is 13.0 Å². The summed E-state index contributed by atoms with van der Waals surface area (Å²) in [4.78, 5) is 2.77. The van der Waals surface area contributed by atoms with E-state index in [1.54, 1.807) is 22.5 Å². The van der Waals surface area contributed by atoms with Crippen molar-refractivity contribution in [1.82, 2.24) is 4.90 Å². The second-order valence-electron chi connectivity index (χ2n) is 8.50. The predicted octanol–water partition coefficient (Wildman–Crippen LogP) is 7.66. The van der Waals surface area contributed by atoms with Crippen molar-refractivity contribution in [3.05, 3.63) is 34.7 Å². The molecule has 0 aromatic heterocycles. The van der Waals surface area contributed by atoms with Gasteiger partial charge in [-0.1, -0.05) is 57.6 Å². The minimum atomic E-state index is 1.08. The first-order chi connectivity index (χ1) is 12.3. The van der Waals surface area contributed by atoms with Crippen LogP contribution in [0.25, 0.3) is 0 Å². The van der Waals surface area contributed by atoms with E-state index >= 15 is 0 Å². The highest BCUT2D eigenvalue weighted by atomic mass is 15.2. The van der Waals surface area contributed by atoms with E-state index in [0.29, 0.717) is 0 Å². The maximum atomic E-state index is 4.38. The van der Waals surface area contributed by atoms with Crippen LogP contribution in [0.1, 0.15) is 110 Å². The van der Waals surface area contributed by atoms with Crippen molar-refractivity contribution in [1.29, 1.82) is 0 Å². The number of hydrogen-bond acceptors (Lipinski definition) is 1. The Bertz CT molecular complexity index is 484. The highest BCUT2D eigenvalue weighted by Gasteiger charge is 2.27. The molecule has 0 radical (unpaired) electrons. The van der Waals surface area contributed by atoms with Gasteiger partial charge in [-0.3, -0.25) is 0 Å². The molecule has 0 saturated carbocycles. The van der Waals surface area contributed by atoms with Gasteiger partial charge in [0.1, 0.15) is 0 Å². The van der Waals surface area contributed by atoms with Gasteiger partial charge in [-0.05, 0) is 75.4 Å². The summed E-state index contributed by atoms with van der Waals surface area (Å²) in [6.45, 7) is 7.72. The molecule has 0 fully saturated rings. The SMILES string of the molecule is C=C(CC)CN1C2=C(CCCCCCC2)CC2=C1CCCCCCC2. The molecule has 0 saturated heterocycles. The summed E-state index contributed by atoms with van der Waals surface area (Å²) in [5.74, 6) is 0. The normalized spacial score (nSPS) is 23.5. The van der Waals surface area contributed by atoms with Crippen molar-refractivity contribution in [2.24, 2.45) is 0 Å². The second-order valence-corrected chi connectivity index (χ2v) is 8.50. The molecule has 1 heterocycles. The van der Waals surface area contributed by atoms with E-state index in [4.69, 9.17) is 0 Å². The summed E-state index contributed by atoms with van der Waals surface area (Å²) in [7, 11) is 0. The smallest absolute Gasteiger partial charge is 0.0432 e. The zero-order valence-electron chi connectivity index (χ0n) is 16.7. The maximum Gasteiger partial charge on any atom is 0.0432 e. The van der Waals surface area contributed by atoms with Crippen LogP contribution in [0.15, 0.2) is 34.7 Å². The largest absolute Gasteiger partial charge is 0.345 e. The van der Waals surface area contributed by atoms with Gasteiger partial charge in [0, 0.05) is 17.9 Å². The number of rotatable bonds is 3. The van der Waals surface area contributed by atoms with Gasteiger partial charge in [0.2, 0.25) is 0 Å². The summed E-state index contributed by atoms with van der Waals surface area (Å²) in [5, 5.41) is 0. The molecule has 3 aliphatic rings. The molecule has 1 nitrogen and oxygen atoms in total. The van der Waals surface area contributed by atoms with Crippen LogP contribution < -0.4 is 0 Å². The number of nitrogens with zero attached hydrogens (tertiary/aromatic N) is 1. The van der Waals surface area contributed by atoms with Gasteiger partial charge in [-0.25, -0.2) is 0 Å². The fourth-order valence-corrected chi connectivity index (χ4v) is 4.94. The molecule has 0 atom stereocenters. The molecule has 1 heteroatoms. The summed E-state index contributed by atoms with van der Waals surface area (Å²) in [5.41, 5.74) is 8.43. The van der Waals surface area contributed by atoms with Crippen LogP contribution in [0.5, 0.6) is 0 Å². The predicted molar refractivity (Wildman–Crippen MR) is 109 cm³/mol. The van der Waals surface area contributed by atoms with E-state index in [1.807, 2.05) is 0 Å². The first kappa shape index (κ1) is 18.8. The fourth-order valence-electron chi connectivity index (χ4n) is 4.94. The summed E-state index contributed by atoms with van der Waals surface area (Å²) >= 11 is 0. The molecular weight excluding hydrogens is 302 g/mol. The van der Waals surface area contributed by atoms with Crippen molar-refractivity contribution < 1.29 is 0 Å². The van der Waals surface area contributed by atoms with Gasteiger partial charge in [-0.2, -0.15) is 0 Å². The van der Waals surface area contributed by atoms with E-state index < -0.39 is 0 Å². The Morgan fingerprint density at radius 3 is 1.64 bits per heavy atom. The lowest BCUT2D eigenvalue weighted by Crippen LogP contribution is -2.30. The van der Waals surface area contributed by atoms with E-state index in [1.165, 1.54) is 102 Å². The summed E-state index contributed by atoms with van der Waals surface area (Å²) in [6.07, 6.45) is 21.9. The van der Waals surface area contributed by atoms with Crippen LogP contribution in [0.2, 0.25) is 0 Å². The molecular formula is C24H39N. The van der Waals surface area contributed by atoms with Crippen LogP contribution in [-0.4, -0.2) is 11.4 Å². The minimum absolute atomic E-state index is 1.08. The molecule has 2 aliphatic carbocycles. The molecule has 0 spiro atoms.